The first-order valence-electron chi connectivity index (χ1n) is 11.1. The number of anilines is 1. The molecule has 0 radical (unpaired) electrons. The van der Waals surface area contributed by atoms with E-state index in [-0.39, 0.29) is 24.1 Å². The SMILES string of the molecule is CN1C(=O)[C@@H](N2CCc3c(nn(Cc4ccccc4)c3Cl)C2=O)Cn2ccc3cc(F)cc1c32. The molecule has 34 heavy (non-hydrogen) atoms. The van der Waals surface area contributed by atoms with Gasteiger partial charge in [-0.25, -0.2) is 9.07 Å². The summed E-state index contributed by atoms with van der Waals surface area (Å²) < 4.78 is 17.7. The number of amides is 2. The Labute approximate surface area is 199 Å². The zero-order valence-electron chi connectivity index (χ0n) is 18.4. The van der Waals surface area contributed by atoms with E-state index >= 15 is 0 Å². The number of likely N-dealkylation sites (N-methyl/N-ethyl adjacent to an activating group) is 1. The van der Waals surface area contributed by atoms with Crippen molar-refractivity contribution in [2.24, 2.45) is 0 Å². The van der Waals surface area contributed by atoms with Crippen LogP contribution in [0.5, 0.6) is 0 Å². The molecule has 172 valence electrons. The Bertz CT molecular complexity index is 1460. The van der Waals surface area contributed by atoms with E-state index in [4.69, 9.17) is 11.6 Å². The van der Waals surface area contributed by atoms with Crippen LogP contribution in [-0.2, 0) is 24.3 Å². The van der Waals surface area contributed by atoms with Crippen molar-refractivity contribution in [2.75, 3.05) is 18.5 Å². The molecule has 6 rings (SSSR count). The van der Waals surface area contributed by atoms with Crippen molar-refractivity contribution in [1.29, 1.82) is 0 Å². The van der Waals surface area contributed by atoms with Gasteiger partial charge in [0, 0.05) is 30.7 Å². The lowest BCUT2D eigenvalue weighted by molar-refractivity contribution is -0.123. The van der Waals surface area contributed by atoms with Crippen LogP contribution in [0.25, 0.3) is 10.9 Å². The lowest BCUT2D eigenvalue weighted by Gasteiger charge is -2.34. The van der Waals surface area contributed by atoms with Gasteiger partial charge in [-0.1, -0.05) is 41.9 Å². The van der Waals surface area contributed by atoms with Crippen LogP contribution in [0.4, 0.5) is 10.1 Å². The van der Waals surface area contributed by atoms with Gasteiger partial charge in [0.15, 0.2) is 5.69 Å². The molecule has 2 aliphatic rings. The zero-order chi connectivity index (χ0) is 23.6. The second-order valence-electron chi connectivity index (χ2n) is 8.75. The van der Waals surface area contributed by atoms with Gasteiger partial charge in [-0.2, -0.15) is 5.10 Å². The molecule has 7 nitrogen and oxygen atoms in total. The van der Waals surface area contributed by atoms with Gasteiger partial charge in [0.1, 0.15) is 17.0 Å². The Morgan fingerprint density at radius 1 is 1.15 bits per heavy atom. The van der Waals surface area contributed by atoms with Crippen LogP contribution in [0.1, 0.15) is 21.6 Å². The number of carbonyl (C=O) groups is 2. The number of nitrogens with zero attached hydrogens (tertiary/aromatic N) is 5. The number of aromatic nitrogens is 3. The average molecular weight is 478 g/mol. The predicted octanol–water partition coefficient (Wildman–Crippen LogP) is 3.72. The number of hydrogen-bond acceptors (Lipinski definition) is 3. The number of hydrogen-bond donors (Lipinski definition) is 0. The molecule has 9 heteroatoms. The Balaban J connectivity index is 1.35. The third-order valence-electron chi connectivity index (χ3n) is 6.75. The molecule has 0 N–H and O–H groups in total. The van der Waals surface area contributed by atoms with E-state index in [1.165, 1.54) is 17.0 Å². The van der Waals surface area contributed by atoms with Crippen molar-refractivity contribution >= 4 is 40.0 Å². The molecule has 0 saturated carbocycles. The molecule has 0 bridgehead atoms. The molecule has 0 aliphatic carbocycles. The Morgan fingerprint density at radius 3 is 2.74 bits per heavy atom. The van der Waals surface area contributed by atoms with Crippen LogP contribution in [0.2, 0.25) is 5.15 Å². The third-order valence-corrected chi connectivity index (χ3v) is 7.17. The molecular formula is C25H21ClFN5O2. The molecule has 0 saturated heterocycles. The number of halogens is 2. The van der Waals surface area contributed by atoms with Crippen molar-refractivity contribution in [3.05, 3.63) is 82.5 Å². The largest absolute Gasteiger partial charge is 0.343 e. The maximum atomic E-state index is 14.2. The third kappa shape index (κ3) is 3.13. The van der Waals surface area contributed by atoms with Crippen molar-refractivity contribution in [1.82, 2.24) is 19.2 Å². The molecule has 0 unspecified atom stereocenters. The Morgan fingerprint density at radius 2 is 1.94 bits per heavy atom. The van der Waals surface area contributed by atoms with Crippen LogP contribution in [0.15, 0.2) is 54.7 Å². The van der Waals surface area contributed by atoms with E-state index in [2.05, 4.69) is 5.10 Å². The van der Waals surface area contributed by atoms with E-state index in [0.29, 0.717) is 41.3 Å². The fourth-order valence-corrected chi connectivity index (χ4v) is 5.32. The summed E-state index contributed by atoms with van der Waals surface area (Å²) in [7, 11) is 1.62. The summed E-state index contributed by atoms with van der Waals surface area (Å²) in [4.78, 5) is 30.1. The van der Waals surface area contributed by atoms with Gasteiger partial charge in [-0.05, 0) is 30.2 Å². The number of fused-ring (bicyclic) bond motifs is 1. The smallest absolute Gasteiger partial charge is 0.275 e. The van der Waals surface area contributed by atoms with Crippen LogP contribution < -0.4 is 4.90 Å². The highest BCUT2D eigenvalue weighted by molar-refractivity contribution is 6.31. The van der Waals surface area contributed by atoms with Gasteiger partial charge < -0.3 is 14.4 Å². The summed E-state index contributed by atoms with van der Waals surface area (Å²) in [5.74, 6) is -0.986. The molecule has 2 aliphatic heterocycles. The van der Waals surface area contributed by atoms with Gasteiger partial charge in [0.2, 0.25) is 0 Å². The van der Waals surface area contributed by atoms with Gasteiger partial charge in [-0.3, -0.25) is 9.59 Å². The number of benzene rings is 2. The lowest BCUT2D eigenvalue weighted by Crippen LogP contribution is -2.53. The minimum atomic E-state index is -0.741. The molecule has 2 aromatic heterocycles. The number of rotatable bonds is 3. The molecule has 4 aromatic rings. The van der Waals surface area contributed by atoms with Crippen molar-refractivity contribution in [3.63, 3.8) is 0 Å². The maximum Gasteiger partial charge on any atom is 0.275 e. The minimum absolute atomic E-state index is 0.262. The zero-order valence-corrected chi connectivity index (χ0v) is 19.2. The predicted molar refractivity (Wildman–Crippen MR) is 127 cm³/mol. The van der Waals surface area contributed by atoms with E-state index in [0.717, 1.165) is 11.1 Å². The summed E-state index contributed by atoms with van der Waals surface area (Å²) in [5, 5.41) is 5.70. The summed E-state index contributed by atoms with van der Waals surface area (Å²) in [6, 6.07) is 13.7. The van der Waals surface area contributed by atoms with Crippen molar-refractivity contribution < 1.29 is 14.0 Å². The fraction of sp³-hybridized carbons (Fsp3) is 0.240. The fourth-order valence-electron chi connectivity index (χ4n) is 5.04. The van der Waals surface area contributed by atoms with Gasteiger partial charge in [0.25, 0.3) is 11.8 Å². The van der Waals surface area contributed by atoms with E-state index in [1.54, 1.807) is 16.6 Å². The van der Waals surface area contributed by atoms with Crippen molar-refractivity contribution in [2.45, 2.75) is 25.6 Å². The monoisotopic (exact) mass is 477 g/mol. The van der Waals surface area contributed by atoms with Gasteiger partial charge >= 0.3 is 0 Å². The minimum Gasteiger partial charge on any atom is -0.343 e. The highest BCUT2D eigenvalue weighted by Gasteiger charge is 2.40. The highest BCUT2D eigenvalue weighted by atomic mass is 35.5. The second-order valence-corrected chi connectivity index (χ2v) is 9.11. The molecule has 0 spiro atoms. The lowest BCUT2D eigenvalue weighted by atomic mass is 10.0. The number of carbonyl (C=O) groups excluding carboxylic acids is 2. The molecule has 2 amide bonds. The maximum absolute atomic E-state index is 14.2. The molecule has 1 atom stereocenters. The van der Waals surface area contributed by atoms with Crippen LogP contribution in [0, 0.1) is 5.82 Å². The van der Waals surface area contributed by atoms with Crippen molar-refractivity contribution in [3.8, 4) is 0 Å². The summed E-state index contributed by atoms with van der Waals surface area (Å²) in [5.41, 5.74) is 3.29. The van der Waals surface area contributed by atoms with E-state index in [9.17, 15) is 14.0 Å². The van der Waals surface area contributed by atoms with Gasteiger partial charge in [0.05, 0.1) is 24.3 Å². The van der Waals surface area contributed by atoms with E-state index < -0.39 is 11.9 Å². The quantitative estimate of drug-likeness (QED) is 0.452. The van der Waals surface area contributed by atoms with E-state index in [1.807, 2.05) is 47.2 Å². The first-order valence-corrected chi connectivity index (χ1v) is 11.5. The average Bonchev–Trinajstić information content (AvgIpc) is 3.35. The Hall–Kier alpha value is -3.65. The summed E-state index contributed by atoms with van der Waals surface area (Å²) in [6.07, 6.45) is 2.34. The normalized spacial score (nSPS) is 17.9. The standard InChI is InChI=1S/C25H21ClFN5O2/c1-29-19-12-17(27)11-16-7-9-30(22(16)19)14-20(24(29)33)31-10-8-18-21(25(31)34)28-32(23(18)26)13-15-5-3-2-4-6-15/h2-7,9,11-12,20H,8,10,13-14H2,1H3/t20-/m0/s1. The van der Waals surface area contributed by atoms with Crippen LogP contribution in [-0.4, -0.2) is 50.7 Å². The van der Waals surface area contributed by atoms with Crippen LogP contribution in [0.3, 0.4) is 0 Å². The molecular weight excluding hydrogens is 457 g/mol. The van der Waals surface area contributed by atoms with Gasteiger partial charge in [-0.15, -0.1) is 0 Å². The molecule has 4 heterocycles. The molecule has 2 aromatic carbocycles. The highest BCUT2D eigenvalue weighted by Crippen LogP contribution is 2.34. The Kier molecular flexibility index (Phi) is 4.74. The summed E-state index contributed by atoms with van der Waals surface area (Å²) in [6.45, 7) is 1.08. The first kappa shape index (κ1) is 20.9. The second kappa shape index (κ2) is 7.70. The first-order chi connectivity index (χ1) is 16.4. The topological polar surface area (TPSA) is 63.4 Å². The summed E-state index contributed by atoms with van der Waals surface area (Å²) >= 11 is 6.60. The van der Waals surface area contributed by atoms with Crippen LogP contribution >= 0.6 is 11.6 Å². The molecule has 0 fully saturated rings.